The number of hydrogen-bond acceptors (Lipinski definition) is 3. The number of aryl methyl sites for hydroxylation is 1. The number of para-hydroxylation sites is 1. The van der Waals surface area contributed by atoms with Crippen LogP contribution < -0.4 is 14.8 Å². The monoisotopic (exact) mass is 303 g/mol. The molecule has 110 valence electrons. The first-order valence-corrected chi connectivity index (χ1v) is 7.49. The molecule has 21 heavy (non-hydrogen) atoms. The molecule has 0 radical (unpaired) electrons. The summed E-state index contributed by atoms with van der Waals surface area (Å²) in [5.74, 6) is 1.40. The van der Waals surface area contributed by atoms with E-state index in [4.69, 9.17) is 21.1 Å². The summed E-state index contributed by atoms with van der Waals surface area (Å²) in [5, 5.41) is 4.03. The van der Waals surface area contributed by atoms with Gasteiger partial charge < -0.3 is 14.8 Å². The largest absolute Gasteiger partial charge is 0.489 e. The molecule has 0 fully saturated rings. The number of anilines is 1. The first-order valence-electron chi connectivity index (χ1n) is 7.11. The fraction of sp³-hybridized carbons (Fsp3) is 0.294. The average Bonchev–Trinajstić information content (AvgIpc) is 2.72. The van der Waals surface area contributed by atoms with E-state index >= 15 is 0 Å². The Morgan fingerprint density at radius 3 is 2.81 bits per heavy atom. The second kappa shape index (κ2) is 6.27. The zero-order chi connectivity index (χ0) is 14.7. The van der Waals surface area contributed by atoms with E-state index in [1.54, 1.807) is 0 Å². The number of ether oxygens (including phenoxy) is 2. The van der Waals surface area contributed by atoms with Crippen molar-refractivity contribution in [3.8, 4) is 11.5 Å². The normalized spacial score (nSPS) is 13.6. The van der Waals surface area contributed by atoms with Crippen LogP contribution in [0, 0.1) is 6.92 Å². The Morgan fingerprint density at radius 2 is 1.95 bits per heavy atom. The number of nitrogens with one attached hydrogen (secondary N) is 1. The van der Waals surface area contributed by atoms with E-state index in [-0.39, 0.29) is 0 Å². The predicted molar refractivity (Wildman–Crippen MR) is 85.6 cm³/mol. The average molecular weight is 304 g/mol. The summed E-state index contributed by atoms with van der Waals surface area (Å²) in [7, 11) is 0. The summed E-state index contributed by atoms with van der Waals surface area (Å²) in [5.41, 5.74) is 3.42. The number of benzene rings is 2. The SMILES string of the molecule is Cc1ccccc1NCc1cc(Cl)c2c(c1)OCCCO2. The molecule has 1 heterocycles. The Hall–Kier alpha value is -1.87. The van der Waals surface area contributed by atoms with Crippen molar-refractivity contribution in [2.45, 2.75) is 19.9 Å². The zero-order valence-corrected chi connectivity index (χ0v) is 12.7. The van der Waals surface area contributed by atoms with Crippen LogP contribution in [0.5, 0.6) is 11.5 Å². The van der Waals surface area contributed by atoms with Crippen molar-refractivity contribution in [2.75, 3.05) is 18.5 Å². The zero-order valence-electron chi connectivity index (χ0n) is 12.0. The van der Waals surface area contributed by atoms with Crippen LogP contribution in [0.4, 0.5) is 5.69 Å². The molecule has 0 aromatic heterocycles. The lowest BCUT2D eigenvalue weighted by Gasteiger charge is -2.13. The second-order valence-corrected chi connectivity index (χ2v) is 5.53. The van der Waals surface area contributed by atoms with Gasteiger partial charge in [-0.3, -0.25) is 0 Å². The van der Waals surface area contributed by atoms with Gasteiger partial charge in [-0.2, -0.15) is 0 Å². The Labute approximate surface area is 129 Å². The molecule has 1 aliphatic rings. The van der Waals surface area contributed by atoms with Crippen LogP contribution in [0.15, 0.2) is 36.4 Å². The molecular formula is C17H18ClNO2. The fourth-order valence-corrected chi connectivity index (χ4v) is 2.64. The van der Waals surface area contributed by atoms with Gasteiger partial charge in [0.25, 0.3) is 0 Å². The maximum atomic E-state index is 6.30. The molecule has 0 aliphatic carbocycles. The lowest BCUT2D eigenvalue weighted by atomic mass is 10.1. The predicted octanol–water partition coefficient (Wildman–Crippen LogP) is 4.42. The molecule has 0 spiro atoms. The topological polar surface area (TPSA) is 30.5 Å². The van der Waals surface area contributed by atoms with E-state index in [1.807, 2.05) is 24.3 Å². The molecule has 0 amide bonds. The molecule has 2 aromatic carbocycles. The van der Waals surface area contributed by atoms with Crippen molar-refractivity contribution in [2.24, 2.45) is 0 Å². The number of rotatable bonds is 3. The maximum absolute atomic E-state index is 6.30. The molecule has 1 N–H and O–H groups in total. The minimum atomic E-state index is 0.607. The third-order valence-electron chi connectivity index (χ3n) is 3.49. The number of fused-ring (bicyclic) bond motifs is 1. The van der Waals surface area contributed by atoms with Gasteiger partial charge in [-0.25, -0.2) is 0 Å². The van der Waals surface area contributed by atoms with Crippen molar-refractivity contribution in [1.82, 2.24) is 0 Å². The van der Waals surface area contributed by atoms with Crippen LogP contribution in [0.2, 0.25) is 5.02 Å². The Kier molecular flexibility index (Phi) is 4.20. The smallest absolute Gasteiger partial charge is 0.179 e. The van der Waals surface area contributed by atoms with Crippen LogP contribution in [-0.2, 0) is 6.54 Å². The molecule has 0 bridgehead atoms. The van der Waals surface area contributed by atoms with Gasteiger partial charge in [0.15, 0.2) is 11.5 Å². The molecule has 3 nitrogen and oxygen atoms in total. The number of halogens is 1. The minimum absolute atomic E-state index is 0.607. The Balaban J connectivity index is 1.79. The molecule has 2 aromatic rings. The van der Waals surface area contributed by atoms with Gasteiger partial charge in [-0.05, 0) is 36.2 Å². The summed E-state index contributed by atoms with van der Waals surface area (Å²) in [6.45, 7) is 4.09. The van der Waals surface area contributed by atoms with Gasteiger partial charge in [-0.1, -0.05) is 29.8 Å². The van der Waals surface area contributed by atoms with E-state index in [1.165, 1.54) is 5.56 Å². The van der Waals surface area contributed by atoms with Crippen molar-refractivity contribution < 1.29 is 9.47 Å². The van der Waals surface area contributed by atoms with Gasteiger partial charge in [0.05, 0.1) is 18.2 Å². The van der Waals surface area contributed by atoms with Gasteiger partial charge in [0.2, 0.25) is 0 Å². The molecule has 0 unspecified atom stereocenters. The quantitative estimate of drug-likeness (QED) is 0.910. The molecule has 3 rings (SSSR count). The molecule has 0 atom stereocenters. The highest BCUT2D eigenvalue weighted by Gasteiger charge is 2.15. The summed E-state index contributed by atoms with van der Waals surface area (Å²) in [6.07, 6.45) is 0.877. The lowest BCUT2D eigenvalue weighted by Crippen LogP contribution is -2.02. The van der Waals surface area contributed by atoms with Gasteiger partial charge >= 0.3 is 0 Å². The van der Waals surface area contributed by atoms with E-state index < -0.39 is 0 Å². The Morgan fingerprint density at radius 1 is 1.14 bits per heavy atom. The summed E-state index contributed by atoms with van der Waals surface area (Å²) < 4.78 is 11.3. The molecule has 0 saturated heterocycles. The van der Waals surface area contributed by atoms with E-state index in [0.717, 1.165) is 23.4 Å². The molecule has 4 heteroatoms. The van der Waals surface area contributed by atoms with Crippen LogP contribution >= 0.6 is 11.6 Å². The number of hydrogen-bond donors (Lipinski definition) is 1. The standard InChI is InChI=1S/C17H18ClNO2/c1-12-5-2-3-6-15(12)19-11-13-9-14(18)17-16(10-13)20-7-4-8-21-17/h2-3,5-6,9-10,19H,4,7-8,11H2,1H3. The van der Waals surface area contributed by atoms with Crippen molar-refractivity contribution in [3.63, 3.8) is 0 Å². The highest BCUT2D eigenvalue weighted by molar-refractivity contribution is 6.32. The van der Waals surface area contributed by atoms with E-state index in [0.29, 0.717) is 30.5 Å². The van der Waals surface area contributed by atoms with Crippen molar-refractivity contribution >= 4 is 17.3 Å². The lowest BCUT2D eigenvalue weighted by molar-refractivity contribution is 0.297. The van der Waals surface area contributed by atoms with Crippen molar-refractivity contribution in [3.05, 3.63) is 52.5 Å². The summed E-state index contributed by atoms with van der Waals surface area (Å²) >= 11 is 6.30. The van der Waals surface area contributed by atoms with Gasteiger partial charge in [-0.15, -0.1) is 0 Å². The van der Waals surface area contributed by atoms with Gasteiger partial charge in [0.1, 0.15) is 0 Å². The fourth-order valence-electron chi connectivity index (χ4n) is 2.35. The molecule has 0 saturated carbocycles. The maximum Gasteiger partial charge on any atom is 0.179 e. The first-order chi connectivity index (χ1) is 10.2. The van der Waals surface area contributed by atoms with Crippen LogP contribution in [0.1, 0.15) is 17.5 Å². The molecular weight excluding hydrogens is 286 g/mol. The van der Waals surface area contributed by atoms with E-state index in [9.17, 15) is 0 Å². The third kappa shape index (κ3) is 3.24. The van der Waals surface area contributed by atoms with Crippen LogP contribution in [0.3, 0.4) is 0 Å². The minimum Gasteiger partial charge on any atom is -0.489 e. The third-order valence-corrected chi connectivity index (χ3v) is 3.77. The highest BCUT2D eigenvalue weighted by Crippen LogP contribution is 2.38. The van der Waals surface area contributed by atoms with Crippen LogP contribution in [0.25, 0.3) is 0 Å². The van der Waals surface area contributed by atoms with Crippen molar-refractivity contribution in [1.29, 1.82) is 0 Å². The molecule has 1 aliphatic heterocycles. The van der Waals surface area contributed by atoms with Gasteiger partial charge in [0, 0.05) is 18.7 Å². The summed E-state index contributed by atoms with van der Waals surface area (Å²) in [4.78, 5) is 0. The Bertz CT molecular complexity index is 643. The second-order valence-electron chi connectivity index (χ2n) is 5.12. The summed E-state index contributed by atoms with van der Waals surface area (Å²) in [6, 6.07) is 12.1. The van der Waals surface area contributed by atoms with Crippen LogP contribution in [-0.4, -0.2) is 13.2 Å². The first kappa shape index (κ1) is 14.1. The highest BCUT2D eigenvalue weighted by atomic mass is 35.5. The van der Waals surface area contributed by atoms with E-state index in [2.05, 4.69) is 24.4 Å².